The van der Waals surface area contributed by atoms with Crippen LogP contribution in [0.5, 0.6) is 5.75 Å². The number of benzene rings is 1. The Morgan fingerprint density at radius 2 is 1.97 bits per heavy atom. The maximum absolute atomic E-state index is 12.8. The number of fused-ring (bicyclic) bond motifs is 3. The topological polar surface area (TPSA) is 152 Å². The monoisotopic (exact) mass is 519 g/mol. The number of hydrogen-bond donors (Lipinski definition) is 3. The van der Waals surface area contributed by atoms with Crippen LogP contribution < -0.4 is 25.8 Å². The molecule has 1 saturated carbocycles. The molecule has 2 aromatic heterocycles. The summed E-state index contributed by atoms with van der Waals surface area (Å²) in [6, 6.07) is 11.2. The number of pyridine rings is 2. The van der Waals surface area contributed by atoms with E-state index in [9.17, 15) is 24.3 Å². The predicted molar refractivity (Wildman–Crippen MR) is 136 cm³/mol. The highest BCUT2D eigenvalue weighted by atomic mass is 16.6. The highest BCUT2D eigenvalue weighted by Crippen LogP contribution is 2.37. The zero-order chi connectivity index (χ0) is 26.4. The molecule has 6 rings (SSSR count). The first-order valence-corrected chi connectivity index (χ1v) is 12.4. The summed E-state index contributed by atoms with van der Waals surface area (Å²) in [5, 5.41) is 16.2. The molecule has 3 aromatic rings. The van der Waals surface area contributed by atoms with Gasteiger partial charge in [-0.2, -0.15) is 0 Å². The summed E-state index contributed by atoms with van der Waals surface area (Å²) < 4.78 is 12.6. The summed E-state index contributed by atoms with van der Waals surface area (Å²) in [5.74, 6) is -0.217. The van der Waals surface area contributed by atoms with Crippen molar-refractivity contribution in [3.05, 3.63) is 58.4 Å². The van der Waals surface area contributed by atoms with Gasteiger partial charge in [-0.25, -0.2) is 14.6 Å². The van der Waals surface area contributed by atoms with Crippen molar-refractivity contribution in [3.8, 4) is 5.75 Å². The molecule has 0 spiro atoms. The zero-order valence-electron chi connectivity index (χ0n) is 20.3. The van der Waals surface area contributed by atoms with Crippen LogP contribution in [0, 0.1) is 0 Å². The van der Waals surface area contributed by atoms with Gasteiger partial charge in [0.1, 0.15) is 11.9 Å². The molecule has 4 heterocycles. The van der Waals surface area contributed by atoms with Crippen LogP contribution in [0.2, 0.25) is 0 Å². The molecule has 2 aliphatic heterocycles. The van der Waals surface area contributed by atoms with Gasteiger partial charge < -0.3 is 29.8 Å². The molecule has 3 atom stereocenters. The molecule has 3 N–H and O–H groups in total. The van der Waals surface area contributed by atoms with Gasteiger partial charge in [0.05, 0.1) is 17.1 Å². The normalized spacial score (nSPS) is 22.3. The van der Waals surface area contributed by atoms with Crippen molar-refractivity contribution in [2.24, 2.45) is 0 Å². The molecule has 2 amide bonds. The van der Waals surface area contributed by atoms with E-state index in [-0.39, 0.29) is 47.6 Å². The van der Waals surface area contributed by atoms with Crippen molar-refractivity contribution >= 4 is 40.5 Å². The predicted octanol–water partition coefficient (Wildman–Crippen LogP) is 1.96. The first-order chi connectivity index (χ1) is 18.4. The smallest absolute Gasteiger partial charge is 0.416 e. The fraction of sp³-hybridized carbons (Fsp3) is 0.346. The molecule has 2 fully saturated rings. The number of carbonyl (C=O) groups is 3. The number of rotatable bonds is 6. The van der Waals surface area contributed by atoms with Gasteiger partial charge in [0.25, 0.3) is 11.5 Å². The molecular formula is C26H25N5O7. The second kappa shape index (κ2) is 9.45. The SMILES string of the molecule is O=C1COc2ccc(N3C(=O)O[C@H]4C[C@@H](NCCn5c(=O)ccc6ccc(C(=O)O)cc65)CC[C@@H]43)nc2N1. The Hall–Kier alpha value is -4.45. The molecular weight excluding hydrogens is 494 g/mol. The quantitative estimate of drug-likeness (QED) is 0.444. The van der Waals surface area contributed by atoms with Crippen LogP contribution >= 0.6 is 0 Å². The Labute approximate surface area is 216 Å². The third kappa shape index (κ3) is 4.32. The van der Waals surface area contributed by atoms with Crippen LogP contribution in [0.25, 0.3) is 10.9 Å². The molecule has 0 bridgehead atoms. The lowest BCUT2D eigenvalue weighted by molar-refractivity contribution is -0.118. The van der Waals surface area contributed by atoms with Gasteiger partial charge >= 0.3 is 12.1 Å². The second-order valence-corrected chi connectivity index (χ2v) is 9.58. The summed E-state index contributed by atoms with van der Waals surface area (Å²) >= 11 is 0. The number of nitrogens with one attached hydrogen (secondary N) is 2. The number of carboxylic acid groups (broad SMARTS) is 1. The average molecular weight is 520 g/mol. The fourth-order valence-electron chi connectivity index (χ4n) is 5.43. The van der Waals surface area contributed by atoms with Crippen molar-refractivity contribution in [3.63, 3.8) is 0 Å². The van der Waals surface area contributed by atoms with E-state index in [2.05, 4.69) is 15.6 Å². The van der Waals surface area contributed by atoms with E-state index in [1.165, 1.54) is 23.1 Å². The summed E-state index contributed by atoms with van der Waals surface area (Å²) in [5.41, 5.74) is 0.492. The van der Waals surface area contributed by atoms with E-state index in [1.54, 1.807) is 28.8 Å². The number of amides is 2. The summed E-state index contributed by atoms with van der Waals surface area (Å²) in [7, 11) is 0. The highest BCUT2D eigenvalue weighted by molar-refractivity contribution is 5.96. The number of ether oxygens (including phenoxy) is 2. The largest absolute Gasteiger partial charge is 0.480 e. The molecule has 196 valence electrons. The number of hydrogen-bond acceptors (Lipinski definition) is 8. The standard InChI is InChI=1S/C26H25N5O7/c32-22-13-37-19-6-7-21(28-24(19)29-22)31-17-5-4-16(12-20(17)38-26(31)36)27-9-10-30-18-11-15(25(34)35)2-1-14(18)3-8-23(30)33/h1-3,6-8,11,16-17,20,27H,4-5,9-10,12-13H2,(H,34,35)(H,28,29,32)/t16-,17-,20-/m0/s1. The summed E-state index contributed by atoms with van der Waals surface area (Å²) in [4.78, 5) is 54.3. The molecule has 3 aliphatic rings. The molecule has 12 nitrogen and oxygen atoms in total. The van der Waals surface area contributed by atoms with Crippen LogP contribution in [-0.2, 0) is 16.1 Å². The van der Waals surface area contributed by atoms with Crippen LogP contribution in [0.15, 0.2) is 47.3 Å². The molecule has 1 aliphatic carbocycles. The number of aromatic nitrogens is 2. The number of carbonyl (C=O) groups excluding carboxylic acids is 2. The van der Waals surface area contributed by atoms with E-state index < -0.39 is 12.1 Å². The van der Waals surface area contributed by atoms with Crippen LogP contribution in [-0.4, -0.2) is 64.0 Å². The molecule has 1 saturated heterocycles. The van der Waals surface area contributed by atoms with E-state index in [1.807, 2.05) is 0 Å². The maximum atomic E-state index is 12.8. The minimum absolute atomic E-state index is 0.0720. The van der Waals surface area contributed by atoms with Gasteiger partial charge in [-0.1, -0.05) is 6.07 Å². The lowest BCUT2D eigenvalue weighted by Gasteiger charge is -2.33. The first-order valence-electron chi connectivity index (χ1n) is 12.4. The number of nitrogens with zero attached hydrogens (tertiary/aromatic N) is 3. The van der Waals surface area contributed by atoms with Crippen molar-refractivity contribution in [2.45, 2.75) is 44.0 Å². The lowest BCUT2D eigenvalue weighted by Crippen LogP contribution is -2.46. The Morgan fingerprint density at radius 1 is 1.13 bits per heavy atom. The minimum atomic E-state index is -1.05. The van der Waals surface area contributed by atoms with Gasteiger partial charge in [-0.05, 0) is 48.6 Å². The van der Waals surface area contributed by atoms with Crippen LogP contribution in [0.4, 0.5) is 16.4 Å². The van der Waals surface area contributed by atoms with Crippen molar-refractivity contribution < 1.29 is 29.0 Å². The minimum Gasteiger partial charge on any atom is -0.480 e. The molecule has 0 radical (unpaired) electrons. The molecule has 38 heavy (non-hydrogen) atoms. The van der Waals surface area contributed by atoms with E-state index in [0.29, 0.717) is 43.0 Å². The Kier molecular flexibility index (Phi) is 5.95. The second-order valence-electron chi connectivity index (χ2n) is 9.58. The zero-order valence-corrected chi connectivity index (χ0v) is 20.3. The highest BCUT2D eigenvalue weighted by Gasteiger charge is 2.46. The summed E-state index contributed by atoms with van der Waals surface area (Å²) in [6.07, 6.45) is 1.27. The van der Waals surface area contributed by atoms with Crippen molar-refractivity contribution in [1.29, 1.82) is 0 Å². The van der Waals surface area contributed by atoms with Gasteiger partial charge in [-0.3, -0.25) is 14.5 Å². The molecule has 1 aromatic carbocycles. The van der Waals surface area contributed by atoms with Gasteiger partial charge in [0.2, 0.25) is 0 Å². The molecule has 12 heteroatoms. The van der Waals surface area contributed by atoms with E-state index in [4.69, 9.17) is 9.47 Å². The fourth-order valence-corrected chi connectivity index (χ4v) is 5.43. The van der Waals surface area contributed by atoms with E-state index >= 15 is 0 Å². The third-order valence-corrected chi connectivity index (χ3v) is 7.25. The number of anilines is 2. The van der Waals surface area contributed by atoms with Gasteiger partial charge in [0.15, 0.2) is 18.2 Å². The molecule has 0 unspecified atom stereocenters. The van der Waals surface area contributed by atoms with E-state index in [0.717, 1.165) is 11.8 Å². The van der Waals surface area contributed by atoms with Crippen LogP contribution in [0.1, 0.15) is 29.6 Å². The number of carboxylic acids is 1. The lowest BCUT2D eigenvalue weighted by atomic mass is 9.88. The Bertz CT molecular complexity index is 1520. The van der Waals surface area contributed by atoms with Crippen molar-refractivity contribution in [1.82, 2.24) is 14.9 Å². The summed E-state index contributed by atoms with van der Waals surface area (Å²) in [6.45, 7) is 0.780. The van der Waals surface area contributed by atoms with Crippen molar-refractivity contribution in [2.75, 3.05) is 23.4 Å². The average Bonchev–Trinajstić information content (AvgIpc) is 3.24. The third-order valence-electron chi connectivity index (χ3n) is 7.25. The number of aromatic carboxylic acids is 1. The van der Waals surface area contributed by atoms with Gasteiger partial charge in [0, 0.05) is 31.6 Å². The Balaban J connectivity index is 1.11. The van der Waals surface area contributed by atoms with Gasteiger partial charge in [-0.15, -0.1) is 0 Å². The Morgan fingerprint density at radius 3 is 2.82 bits per heavy atom. The first kappa shape index (κ1) is 23.9. The van der Waals surface area contributed by atoms with Crippen LogP contribution in [0.3, 0.4) is 0 Å². The maximum Gasteiger partial charge on any atom is 0.416 e.